The van der Waals surface area contributed by atoms with Gasteiger partial charge in [0.2, 0.25) is 0 Å². The number of aryl methyl sites for hydroxylation is 2. The largest absolute Gasteiger partial charge is 0.493 e. The molecule has 0 atom stereocenters. The summed E-state index contributed by atoms with van der Waals surface area (Å²) in [5, 5.41) is 4.54. The number of ether oxygens (including phenoxy) is 2. The van der Waals surface area contributed by atoms with Crippen LogP contribution in [-0.2, 0) is 22.5 Å². The van der Waals surface area contributed by atoms with E-state index in [1.165, 1.54) is 14.0 Å². The Morgan fingerprint density at radius 3 is 2.66 bits per heavy atom. The normalized spacial score (nSPS) is 11.0. The van der Waals surface area contributed by atoms with Crippen LogP contribution in [0.3, 0.4) is 0 Å². The van der Waals surface area contributed by atoms with Crippen molar-refractivity contribution in [2.75, 3.05) is 13.7 Å². The molecule has 1 N–H and O–H groups in total. The molecule has 0 bridgehead atoms. The lowest BCUT2D eigenvalue weighted by Gasteiger charge is -2.12. The number of hydrogen-bond acceptors (Lipinski definition) is 7. The zero-order chi connectivity index (χ0) is 23.3. The van der Waals surface area contributed by atoms with Crippen molar-refractivity contribution in [2.45, 2.75) is 53.0 Å². The molecule has 0 saturated carbocycles. The number of benzene rings is 1. The molecule has 0 spiro atoms. The van der Waals surface area contributed by atoms with Crippen LogP contribution in [0.15, 0.2) is 23.0 Å². The van der Waals surface area contributed by atoms with E-state index in [1.54, 1.807) is 22.9 Å². The van der Waals surface area contributed by atoms with Crippen molar-refractivity contribution in [3.8, 4) is 17.1 Å². The minimum atomic E-state index is -0.343. The molecule has 2 heterocycles. The number of H-pyrrole nitrogens is 1. The highest BCUT2D eigenvalue weighted by Crippen LogP contribution is 2.30. The van der Waals surface area contributed by atoms with Gasteiger partial charge in [-0.05, 0) is 44.4 Å². The van der Waals surface area contributed by atoms with Crippen molar-refractivity contribution in [1.82, 2.24) is 19.7 Å². The number of Topliss-reactive ketones (excluding diaryl/α,β-unsaturated/α-hetero) is 1. The molecule has 0 aliphatic heterocycles. The third-order valence-corrected chi connectivity index (χ3v) is 5.08. The number of fused-ring (bicyclic) bond motifs is 1. The quantitative estimate of drug-likeness (QED) is 0.380. The van der Waals surface area contributed by atoms with Crippen molar-refractivity contribution >= 4 is 22.8 Å². The van der Waals surface area contributed by atoms with Crippen molar-refractivity contribution in [1.29, 1.82) is 0 Å². The summed E-state index contributed by atoms with van der Waals surface area (Å²) in [6.07, 6.45) is 2.13. The third-order valence-electron chi connectivity index (χ3n) is 5.08. The van der Waals surface area contributed by atoms with Gasteiger partial charge in [-0.25, -0.2) is 4.98 Å². The molecule has 32 heavy (non-hydrogen) atoms. The second-order valence-corrected chi connectivity index (χ2v) is 7.43. The third kappa shape index (κ3) is 4.87. The molecule has 0 aliphatic rings. The Balaban J connectivity index is 2.10. The van der Waals surface area contributed by atoms with Gasteiger partial charge in [-0.1, -0.05) is 13.8 Å². The first kappa shape index (κ1) is 23.2. The van der Waals surface area contributed by atoms with Crippen molar-refractivity contribution in [2.24, 2.45) is 0 Å². The van der Waals surface area contributed by atoms with Gasteiger partial charge in [0.25, 0.3) is 5.56 Å². The maximum atomic E-state index is 13.1. The van der Waals surface area contributed by atoms with E-state index in [4.69, 9.17) is 9.72 Å². The van der Waals surface area contributed by atoms with Crippen LogP contribution in [-0.4, -0.2) is 45.2 Å². The van der Waals surface area contributed by atoms with Crippen LogP contribution in [0.1, 0.15) is 56.1 Å². The monoisotopic (exact) mass is 440 g/mol. The van der Waals surface area contributed by atoms with Gasteiger partial charge in [-0.15, -0.1) is 0 Å². The van der Waals surface area contributed by atoms with Crippen molar-refractivity contribution in [3.05, 3.63) is 39.8 Å². The van der Waals surface area contributed by atoms with E-state index in [0.29, 0.717) is 65.4 Å². The zero-order valence-corrected chi connectivity index (χ0v) is 18.9. The highest BCUT2D eigenvalue weighted by molar-refractivity contribution is 5.95. The van der Waals surface area contributed by atoms with Gasteiger partial charge < -0.3 is 14.5 Å². The molecule has 0 saturated heterocycles. The summed E-state index contributed by atoms with van der Waals surface area (Å²) in [6.45, 7) is 6.31. The number of carbonyl (C=O) groups is 2. The Morgan fingerprint density at radius 2 is 2.00 bits per heavy atom. The van der Waals surface area contributed by atoms with Crippen LogP contribution >= 0.6 is 0 Å². The summed E-state index contributed by atoms with van der Waals surface area (Å²) in [6, 6.07) is 5.11. The lowest BCUT2D eigenvalue weighted by molar-refractivity contribution is -0.140. The fourth-order valence-electron chi connectivity index (χ4n) is 3.43. The fraction of sp³-hybridized carbons (Fsp3) is 0.435. The van der Waals surface area contributed by atoms with Crippen LogP contribution in [0.2, 0.25) is 0 Å². The van der Waals surface area contributed by atoms with E-state index in [0.717, 1.165) is 6.42 Å². The highest BCUT2D eigenvalue weighted by atomic mass is 16.5. The molecule has 1 aromatic carbocycles. The van der Waals surface area contributed by atoms with Crippen LogP contribution < -0.4 is 10.3 Å². The van der Waals surface area contributed by atoms with Crippen LogP contribution in [0.25, 0.3) is 22.4 Å². The summed E-state index contributed by atoms with van der Waals surface area (Å²) in [5.74, 6) is 0.462. The molecule has 2 aromatic heterocycles. The van der Waals surface area contributed by atoms with E-state index in [9.17, 15) is 14.4 Å². The number of hydrogen-bond donors (Lipinski definition) is 1. The molecule has 0 unspecified atom stereocenters. The maximum absolute atomic E-state index is 13.1. The lowest BCUT2D eigenvalue weighted by atomic mass is 10.1. The maximum Gasteiger partial charge on any atom is 0.305 e. The first-order valence-electron chi connectivity index (χ1n) is 10.7. The second kappa shape index (κ2) is 10.2. The lowest BCUT2D eigenvalue weighted by Crippen LogP contribution is -2.15. The first-order valence-corrected chi connectivity index (χ1v) is 10.7. The standard InChI is InChI=1S/C23H28N4O5/c1-5-12-32-18-10-9-15(14(3)28)13-16(18)22-24-20-17(6-2)26-27(21(20)23(30)25-22)11-7-8-19(29)31-4/h9-10,13H,5-8,11-12H2,1-4H3,(H,24,25,30). The molecule has 0 radical (unpaired) electrons. The predicted molar refractivity (Wildman–Crippen MR) is 120 cm³/mol. The smallest absolute Gasteiger partial charge is 0.305 e. The molecular formula is C23H28N4O5. The van der Waals surface area contributed by atoms with E-state index in [1.807, 2.05) is 13.8 Å². The second-order valence-electron chi connectivity index (χ2n) is 7.43. The van der Waals surface area contributed by atoms with E-state index < -0.39 is 0 Å². The molecule has 0 amide bonds. The number of methoxy groups -OCH3 is 1. The molecule has 170 valence electrons. The van der Waals surface area contributed by atoms with Gasteiger partial charge >= 0.3 is 5.97 Å². The predicted octanol–water partition coefficient (Wildman–Crippen LogP) is 3.29. The zero-order valence-electron chi connectivity index (χ0n) is 18.9. The van der Waals surface area contributed by atoms with Crippen LogP contribution in [0.5, 0.6) is 5.75 Å². The van der Waals surface area contributed by atoms with Crippen molar-refractivity contribution < 1.29 is 19.1 Å². The molecule has 0 fully saturated rings. The van der Waals surface area contributed by atoms with Gasteiger partial charge in [-0.2, -0.15) is 5.10 Å². The summed E-state index contributed by atoms with van der Waals surface area (Å²) < 4.78 is 12.1. The number of aromatic amines is 1. The number of ketones is 1. The number of aromatic nitrogens is 4. The first-order chi connectivity index (χ1) is 15.4. The number of nitrogens with one attached hydrogen (secondary N) is 1. The topological polar surface area (TPSA) is 116 Å². The molecule has 9 heteroatoms. The van der Waals surface area contributed by atoms with E-state index in [-0.39, 0.29) is 23.7 Å². The molecular weight excluding hydrogens is 412 g/mol. The Bertz CT molecular complexity index is 1200. The highest BCUT2D eigenvalue weighted by Gasteiger charge is 2.19. The van der Waals surface area contributed by atoms with Gasteiger partial charge in [-0.3, -0.25) is 19.1 Å². The Morgan fingerprint density at radius 1 is 1.22 bits per heavy atom. The molecule has 0 aliphatic carbocycles. The summed E-state index contributed by atoms with van der Waals surface area (Å²) in [5.41, 5.74) is 2.24. The fourth-order valence-corrected chi connectivity index (χ4v) is 3.43. The number of esters is 1. The summed E-state index contributed by atoms with van der Waals surface area (Å²) in [7, 11) is 1.34. The van der Waals surface area contributed by atoms with Crippen molar-refractivity contribution in [3.63, 3.8) is 0 Å². The number of carbonyl (C=O) groups excluding carboxylic acids is 2. The Kier molecular flexibility index (Phi) is 7.40. The minimum Gasteiger partial charge on any atom is -0.493 e. The average molecular weight is 441 g/mol. The van der Waals surface area contributed by atoms with Gasteiger partial charge in [0.1, 0.15) is 17.1 Å². The van der Waals surface area contributed by atoms with Crippen LogP contribution in [0, 0.1) is 0 Å². The Hall–Kier alpha value is -3.49. The van der Waals surface area contributed by atoms with Gasteiger partial charge in [0.15, 0.2) is 11.3 Å². The summed E-state index contributed by atoms with van der Waals surface area (Å²) in [4.78, 5) is 43.9. The summed E-state index contributed by atoms with van der Waals surface area (Å²) >= 11 is 0. The molecule has 3 rings (SSSR count). The van der Waals surface area contributed by atoms with Gasteiger partial charge in [0, 0.05) is 18.5 Å². The SMILES string of the molecule is CCCOc1ccc(C(C)=O)cc1-c1nc2c(CC)nn(CCCC(=O)OC)c2c(=O)[nH]1. The van der Waals surface area contributed by atoms with E-state index in [2.05, 4.69) is 14.8 Å². The van der Waals surface area contributed by atoms with Gasteiger partial charge in [0.05, 0.1) is 25.0 Å². The molecule has 9 nitrogen and oxygen atoms in total. The number of nitrogens with zero attached hydrogens (tertiary/aromatic N) is 3. The molecule has 3 aromatic rings. The van der Waals surface area contributed by atoms with Crippen LogP contribution in [0.4, 0.5) is 0 Å². The number of rotatable bonds is 10. The van der Waals surface area contributed by atoms with E-state index >= 15 is 0 Å². The Labute approximate surface area is 185 Å². The average Bonchev–Trinajstić information content (AvgIpc) is 3.15. The minimum absolute atomic E-state index is 0.0932.